The Morgan fingerprint density at radius 1 is 1.26 bits per heavy atom. The highest BCUT2D eigenvalue weighted by Crippen LogP contribution is 2.50. The summed E-state index contributed by atoms with van der Waals surface area (Å²) < 4.78 is 28.0. The third-order valence-corrected chi connectivity index (χ3v) is 8.66. The molecule has 3 fully saturated rings. The van der Waals surface area contributed by atoms with Crippen LogP contribution in [0, 0.1) is 22.7 Å². The zero-order valence-corrected chi connectivity index (χ0v) is 21.6. The normalized spacial score (nSPS) is 25.1. The summed E-state index contributed by atoms with van der Waals surface area (Å²) in [5.74, 6) is -4.20. The summed E-state index contributed by atoms with van der Waals surface area (Å²) in [6, 6.07) is 7.18. The number of likely N-dealkylation sites (tertiary alicyclic amines) is 1. The van der Waals surface area contributed by atoms with E-state index in [4.69, 9.17) is 11.6 Å². The minimum absolute atomic E-state index is 0.136. The molecule has 1 saturated carbocycles. The molecule has 11 heteroatoms. The predicted molar refractivity (Wildman–Crippen MR) is 136 cm³/mol. The maximum Gasteiger partial charge on any atom is 0.271 e. The Kier molecular flexibility index (Phi) is 7.07. The van der Waals surface area contributed by atoms with Crippen LogP contribution in [0.1, 0.15) is 61.9 Å². The van der Waals surface area contributed by atoms with E-state index in [1.165, 1.54) is 4.90 Å². The van der Waals surface area contributed by atoms with Crippen LogP contribution in [0.25, 0.3) is 10.9 Å². The summed E-state index contributed by atoms with van der Waals surface area (Å²) in [5, 5.41) is 16.4. The molecule has 1 spiro atoms. The summed E-state index contributed by atoms with van der Waals surface area (Å²) in [4.78, 5) is 43.9. The fourth-order valence-electron chi connectivity index (χ4n) is 6.16. The molecule has 2 aliphatic heterocycles. The molecule has 1 aromatic carbocycles. The number of H-pyrrole nitrogens is 1. The highest BCUT2D eigenvalue weighted by Gasteiger charge is 2.53. The SMILES string of the molecule is N#CC(C[C@@H]1CCCNC1=O)NC(=O)C1CC2(CCC(F)(F)CC2)CN1C(=O)c1cc2cccc(Cl)c2[nH]1. The van der Waals surface area contributed by atoms with Gasteiger partial charge in [-0.1, -0.05) is 23.7 Å². The second kappa shape index (κ2) is 10.2. The molecule has 0 radical (unpaired) electrons. The number of benzene rings is 1. The van der Waals surface area contributed by atoms with E-state index in [1.807, 2.05) is 6.07 Å². The Hall–Kier alpha value is -3.19. The van der Waals surface area contributed by atoms with E-state index in [2.05, 4.69) is 21.7 Å². The number of hydrogen-bond acceptors (Lipinski definition) is 4. The Labute approximate surface area is 224 Å². The van der Waals surface area contributed by atoms with Gasteiger partial charge in [-0.05, 0) is 56.1 Å². The van der Waals surface area contributed by atoms with Gasteiger partial charge in [0.1, 0.15) is 17.8 Å². The van der Waals surface area contributed by atoms with Gasteiger partial charge in [0.05, 0.1) is 16.6 Å². The van der Waals surface area contributed by atoms with Gasteiger partial charge in [-0.15, -0.1) is 0 Å². The molecule has 0 bridgehead atoms. The topological polar surface area (TPSA) is 118 Å². The van der Waals surface area contributed by atoms with Gasteiger partial charge >= 0.3 is 0 Å². The highest BCUT2D eigenvalue weighted by atomic mass is 35.5. The minimum atomic E-state index is -2.75. The number of rotatable bonds is 5. The second-order valence-corrected chi connectivity index (χ2v) is 11.4. The summed E-state index contributed by atoms with van der Waals surface area (Å²) >= 11 is 6.27. The van der Waals surface area contributed by atoms with E-state index in [0.29, 0.717) is 23.5 Å². The molecule has 2 unspecified atom stereocenters. The Morgan fingerprint density at radius 3 is 2.71 bits per heavy atom. The molecule has 3 atom stereocenters. The predicted octanol–water partition coefficient (Wildman–Crippen LogP) is 4.16. The first-order valence-corrected chi connectivity index (χ1v) is 13.4. The molecule has 3 aliphatic rings. The van der Waals surface area contributed by atoms with Crippen LogP contribution in [0.4, 0.5) is 8.78 Å². The van der Waals surface area contributed by atoms with Crippen molar-refractivity contribution in [3.8, 4) is 6.07 Å². The summed E-state index contributed by atoms with van der Waals surface area (Å²) in [7, 11) is 0. The highest BCUT2D eigenvalue weighted by molar-refractivity contribution is 6.35. The lowest BCUT2D eigenvalue weighted by molar-refractivity contribution is -0.128. The van der Waals surface area contributed by atoms with E-state index in [9.17, 15) is 28.4 Å². The van der Waals surface area contributed by atoms with Crippen LogP contribution in [0.5, 0.6) is 0 Å². The number of fused-ring (bicyclic) bond motifs is 1. The largest absolute Gasteiger partial charge is 0.356 e. The van der Waals surface area contributed by atoms with Gasteiger partial charge in [0.2, 0.25) is 17.7 Å². The minimum Gasteiger partial charge on any atom is -0.356 e. The molecule has 38 heavy (non-hydrogen) atoms. The average Bonchev–Trinajstić information content (AvgIpc) is 3.50. The van der Waals surface area contributed by atoms with Crippen LogP contribution in [0.2, 0.25) is 5.02 Å². The first-order valence-electron chi connectivity index (χ1n) is 13.0. The maximum atomic E-state index is 14.0. The van der Waals surface area contributed by atoms with Crippen molar-refractivity contribution in [2.45, 2.75) is 69.4 Å². The van der Waals surface area contributed by atoms with E-state index < -0.39 is 35.2 Å². The van der Waals surface area contributed by atoms with Gasteiger partial charge in [0.25, 0.3) is 5.91 Å². The summed E-state index contributed by atoms with van der Waals surface area (Å²) in [6.07, 6.45) is 1.68. The van der Waals surface area contributed by atoms with Gasteiger partial charge in [-0.25, -0.2) is 8.78 Å². The number of carbonyl (C=O) groups is 3. The fraction of sp³-hybridized carbons (Fsp3) is 0.556. The fourth-order valence-corrected chi connectivity index (χ4v) is 6.39. The number of halogens is 3. The first-order chi connectivity index (χ1) is 18.1. The molecule has 2 saturated heterocycles. The van der Waals surface area contributed by atoms with E-state index in [1.54, 1.807) is 18.2 Å². The van der Waals surface area contributed by atoms with Gasteiger partial charge < -0.3 is 20.5 Å². The van der Waals surface area contributed by atoms with Crippen LogP contribution in [0.15, 0.2) is 24.3 Å². The number of hydrogen-bond donors (Lipinski definition) is 3. The van der Waals surface area contributed by atoms with Crippen LogP contribution in [-0.2, 0) is 9.59 Å². The van der Waals surface area contributed by atoms with Crippen LogP contribution < -0.4 is 10.6 Å². The number of alkyl halides is 2. The Balaban J connectivity index is 1.38. The van der Waals surface area contributed by atoms with Crippen molar-refractivity contribution in [3.63, 3.8) is 0 Å². The van der Waals surface area contributed by atoms with Crippen LogP contribution in [-0.4, -0.2) is 58.7 Å². The lowest BCUT2D eigenvalue weighted by Gasteiger charge is -2.36. The quantitative estimate of drug-likeness (QED) is 0.523. The molecule has 3 amide bonds. The number of amides is 3. The lowest BCUT2D eigenvalue weighted by Crippen LogP contribution is -2.49. The third-order valence-electron chi connectivity index (χ3n) is 8.34. The first kappa shape index (κ1) is 26.4. The van der Waals surface area contributed by atoms with E-state index in [-0.39, 0.29) is 62.6 Å². The van der Waals surface area contributed by atoms with Gasteiger partial charge in [0, 0.05) is 37.2 Å². The second-order valence-electron chi connectivity index (χ2n) is 11.0. The molecule has 8 nitrogen and oxygen atoms in total. The van der Waals surface area contributed by atoms with Gasteiger partial charge in [0.15, 0.2) is 0 Å². The Morgan fingerprint density at radius 2 is 2.03 bits per heavy atom. The summed E-state index contributed by atoms with van der Waals surface area (Å²) in [6.45, 7) is 0.767. The van der Waals surface area contributed by atoms with Gasteiger partial charge in [-0.3, -0.25) is 14.4 Å². The van der Waals surface area contributed by atoms with Gasteiger partial charge in [-0.2, -0.15) is 5.26 Å². The molecule has 3 N–H and O–H groups in total. The zero-order chi connectivity index (χ0) is 27.1. The number of carbonyl (C=O) groups excluding carboxylic acids is 3. The smallest absolute Gasteiger partial charge is 0.271 e. The molecule has 2 aromatic rings. The van der Waals surface area contributed by atoms with Crippen LogP contribution >= 0.6 is 11.6 Å². The van der Waals surface area contributed by atoms with E-state index in [0.717, 1.165) is 11.8 Å². The number of nitriles is 1. The molecular formula is C27H30ClF2N5O3. The number of aromatic amines is 1. The molecule has 5 rings (SSSR count). The van der Waals surface area contributed by atoms with Crippen LogP contribution in [0.3, 0.4) is 0 Å². The number of aromatic nitrogens is 1. The average molecular weight is 546 g/mol. The molecule has 1 aromatic heterocycles. The number of nitrogens with one attached hydrogen (secondary N) is 3. The van der Waals surface area contributed by atoms with Crippen molar-refractivity contribution in [2.24, 2.45) is 11.3 Å². The van der Waals surface area contributed by atoms with E-state index >= 15 is 0 Å². The van der Waals surface area contributed by atoms with Crippen molar-refractivity contribution < 1.29 is 23.2 Å². The molecular weight excluding hydrogens is 516 g/mol. The third kappa shape index (κ3) is 5.21. The molecule has 202 valence electrons. The van der Waals surface area contributed by atoms with Crippen molar-refractivity contribution in [1.29, 1.82) is 5.26 Å². The summed E-state index contributed by atoms with van der Waals surface area (Å²) in [5.41, 5.74) is 0.244. The Bertz CT molecular complexity index is 1300. The van der Waals surface area contributed by atoms with Crippen molar-refractivity contribution in [3.05, 3.63) is 35.0 Å². The maximum absolute atomic E-state index is 14.0. The zero-order valence-electron chi connectivity index (χ0n) is 20.9. The van der Waals surface area contributed by atoms with Crippen molar-refractivity contribution in [2.75, 3.05) is 13.1 Å². The van der Waals surface area contributed by atoms with Crippen molar-refractivity contribution in [1.82, 2.24) is 20.5 Å². The monoisotopic (exact) mass is 545 g/mol. The number of piperidine rings is 1. The number of nitrogens with zero attached hydrogens (tertiary/aromatic N) is 2. The molecule has 1 aliphatic carbocycles. The van der Waals surface area contributed by atoms with Crippen molar-refractivity contribution >= 4 is 40.2 Å². The standard InChI is InChI=1S/C27H30ClF2N5O3/c28-19-5-1-3-16-12-20(34-22(16)19)25(38)35-15-26(6-8-27(29,30)9-7-26)13-21(35)24(37)33-18(14-31)11-17-4-2-10-32-23(17)36/h1,3,5,12,17-18,21,34H,2,4,6-11,13,15H2,(H,32,36)(H,33,37)/t17-,18?,21?/m0/s1. The lowest BCUT2D eigenvalue weighted by atomic mass is 9.71. The molecule has 3 heterocycles. The number of para-hydroxylation sites is 1.